The molecule has 0 fully saturated rings. The number of nitrogens with zero attached hydrogens (tertiary/aromatic N) is 1. The average Bonchev–Trinajstić information content (AvgIpc) is 3.35. The summed E-state index contributed by atoms with van der Waals surface area (Å²) in [6, 6.07) is -0.933. The molecule has 0 aliphatic rings. The van der Waals surface area contributed by atoms with E-state index in [0.717, 1.165) is 83.5 Å². The van der Waals surface area contributed by atoms with Gasteiger partial charge >= 0.3 is 5.97 Å². The van der Waals surface area contributed by atoms with Crippen LogP contribution in [-0.4, -0.2) is 69.4 Å². The van der Waals surface area contributed by atoms with Crippen LogP contribution in [0.15, 0.2) is 134 Å². The molecule has 0 aliphatic heterocycles. The molecule has 3 unspecified atom stereocenters. The van der Waals surface area contributed by atoms with E-state index in [1.54, 1.807) is 6.08 Å². The van der Waals surface area contributed by atoms with Crippen molar-refractivity contribution >= 4 is 19.7 Å². The van der Waals surface area contributed by atoms with Crippen molar-refractivity contribution in [3.05, 3.63) is 134 Å². The Morgan fingerprint density at radius 3 is 1.47 bits per heavy atom. The first-order chi connectivity index (χ1) is 35.4. The third-order valence-electron chi connectivity index (χ3n) is 11.7. The quantitative estimate of drug-likeness (QED) is 0.0161. The van der Waals surface area contributed by atoms with Gasteiger partial charge in [0, 0.05) is 12.8 Å². The molecular formula is C63H105N2O7P. The maximum Gasteiger partial charge on any atom is 0.306 e. The molecule has 3 atom stereocenters. The molecular weight excluding hydrogens is 928 g/mol. The van der Waals surface area contributed by atoms with Crippen LogP contribution in [0, 0.1) is 0 Å². The topological polar surface area (TPSA) is 114 Å². The third kappa shape index (κ3) is 52.8. The lowest BCUT2D eigenvalue weighted by Crippen LogP contribution is -2.47. The highest BCUT2D eigenvalue weighted by atomic mass is 31.2. The number of rotatable bonds is 49. The molecule has 0 saturated heterocycles. The first-order valence-corrected chi connectivity index (χ1v) is 30.0. The van der Waals surface area contributed by atoms with Gasteiger partial charge < -0.3 is 28.5 Å². The lowest BCUT2D eigenvalue weighted by molar-refractivity contribution is -0.870. The molecule has 0 aliphatic carbocycles. The summed E-state index contributed by atoms with van der Waals surface area (Å²) < 4.78 is 30.1. The van der Waals surface area contributed by atoms with E-state index >= 15 is 0 Å². The second-order valence-electron chi connectivity index (χ2n) is 19.9. The number of likely N-dealkylation sites (N-methyl/N-ethyl adjacent to an activating group) is 1. The van der Waals surface area contributed by atoms with E-state index in [0.29, 0.717) is 23.9 Å². The Balaban J connectivity index is 5.48. The van der Waals surface area contributed by atoms with Crippen molar-refractivity contribution in [3.8, 4) is 0 Å². The van der Waals surface area contributed by atoms with Gasteiger partial charge in [0.05, 0.1) is 33.8 Å². The Hall–Kier alpha value is -3.85. The van der Waals surface area contributed by atoms with Crippen LogP contribution >= 0.6 is 7.82 Å². The number of allylic oxidation sites excluding steroid dienone is 21. The number of phosphoric acid groups is 1. The van der Waals surface area contributed by atoms with Crippen molar-refractivity contribution in [1.82, 2.24) is 5.32 Å². The Kier molecular flexibility index (Phi) is 48.9. The Labute approximate surface area is 447 Å². The van der Waals surface area contributed by atoms with Crippen LogP contribution in [0.1, 0.15) is 201 Å². The van der Waals surface area contributed by atoms with E-state index in [1.807, 2.05) is 88.0 Å². The van der Waals surface area contributed by atoms with Gasteiger partial charge in [-0.2, -0.15) is 0 Å². The summed E-state index contributed by atoms with van der Waals surface area (Å²) in [5.74, 6) is -0.642. The van der Waals surface area contributed by atoms with Crippen molar-refractivity contribution in [1.29, 1.82) is 0 Å². The van der Waals surface area contributed by atoms with Crippen LogP contribution in [0.25, 0.3) is 0 Å². The lowest BCUT2D eigenvalue weighted by Gasteiger charge is -2.30. The maximum atomic E-state index is 13.5. The number of carbonyl (C=O) groups is 2. The van der Waals surface area contributed by atoms with Crippen LogP contribution in [0.5, 0.6) is 0 Å². The van der Waals surface area contributed by atoms with Crippen LogP contribution in [0.3, 0.4) is 0 Å². The summed E-state index contributed by atoms with van der Waals surface area (Å²) in [7, 11) is 1.11. The van der Waals surface area contributed by atoms with Crippen molar-refractivity contribution < 1.29 is 37.3 Å². The summed E-state index contributed by atoms with van der Waals surface area (Å²) in [6.45, 7) is 6.57. The van der Waals surface area contributed by atoms with E-state index in [2.05, 4.69) is 86.8 Å². The highest BCUT2D eigenvalue weighted by Crippen LogP contribution is 2.38. The van der Waals surface area contributed by atoms with E-state index in [4.69, 9.17) is 13.8 Å². The zero-order valence-corrected chi connectivity index (χ0v) is 47.9. The first kappa shape index (κ1) is 69.2. The van der Waals surface area contributed by atoms with Crippen molar-refractivity contribution in [3.63, 3.8) is 0 Å². The van der Waals surface area contributed by atoms with Gasteiger partial charge in [-0.15, -0.1) is 0 Å². The van der Waals surface area contributed by atoms with Crippen molar-refractivity contribution in [2.24, 2.45) is 0 Å². The summed E-state index contributed by atoms with van der Waals surface area (Å²) >= 11 is 0. The van der Waals surface area contributed by atoms with E-state index in [-0.39, 0.29) is 25.4 Å². The van der Waals surface area contributed by atoms with Crippen LogP contribution in [0.4, 0.5) is 0 Å². The predicted molar refractivity (Wildman–Crippen MR) is 311 cm³/mol. The number of carbonyl (C=O) groups excluding carboxylic acids is 2. The summed E-state index contributed by atoms with van der Waals surface area (Å²) in [5.41, 5.74) is 0. The molecule has 0 spiro atoms. The molecule has 0 aromatic carbocycles. The first-order valence-electron chi connectivity index (χ1n) is 28.6. The minimum atomic E-state index is -4.72. The van der Waals surface area contributed by atoms with Crippen LogP contribution in [0.2, 0.25) is 0 Å². The highest BCUT2D eigenvalue weighted by Gasteiger charge is 2.27. The van der Waals surface area contributed by atoms with E-state index in [9.17, 15) is 19.0 Å². The molecule has 0 aromatic rings. The fraction of sp³-hybridized carbons (Fsp3) is 0.619. The maximum absolute atomic E-state index is 13.5. The molecule has 0 radical (unpaired) electrons. The standard InChI is InChI=1S/C63H105N2O7P/c1-7-10-13-16-19-22-25-27-29-31-32-34-35-37-40-43-46-49-52-55-62(66)64-60(59-71-73(68,69)70-58-57-65(4,5)6)61(54-51-48-45-42-39-24-21-18-15-12-9-3)72-63(67)56-53-50-47-44-41-38-36-33-30-28-26-23-20-17-14-11-8-2/h11,14,17,19-20,22-23,26-30,32-34,36-38,40-41,51,54,60-61H,7-10,12-13,15-16,18,21,24-25,31,35,39,42-50,52-53,55-59H2,1-6H3,(H-,64,66,68,69)/b14-11-,20-17+,22-19-,26-23+,29-27-,30-28-,34-32-,36-33+,40-37-,41-38+,54-51+. The normalized spacial score (nSPS) is 14.8. The second kappa shape index (κ2) is 51.6. The molecule has 1 amide bonds. The molecule has 0 rings (SSSR count). The fourth-order valence-corrected chi connectivity index (χ4v) is 8.02. The highest BCUT2D eigenvalue weighted by molar-refractivity contribution is 7.45. The van der Waals surface area contributed by atoms with Crippen LogP contribution < -0.4 is 10.2 Å². The zero-order chi connectivity index (χ0) is 53.6. The summed E-state index contributed by atoms with van der Waals surface area (Å²) in [5, 5.41) is 2.98. The molecule has 9 nitrogen and oxygen atoms in total. The number of hydrogen-bond donors (Lipinski definition) is 1. The van der Waals surface area contributed by atoms with E-state index in [1.165, 1.54) is 70.6 Å². The van der Waals surface area contributed by atoms with Crippen LogP contribution in [-0.2, 0) is 27.9 Å². The van der Waals surface area contributed by atoms with Gasteiger partial charge in [0.1, 0.15) is 19.3 Å². The van der Waals surface area contributed by atoms with E-state index < -0.39 is 32.5 Å². The SMILES string of the molecule is CC\C=C/C=C/C=C/C=C\C=C\C=C\CCCCCC(=O)OC(/C=C/CCCCCCCCCCC)C(COP(=O)([O-])OCC[N+](C)(C)C)NC(=O)CCCCC/C=C\C/C=C\C/C=C\C/C=C\CCCCC. The average molecular weight is 1030 g/mol. The summed E-state index contributed by atoms with van der Waals surface area (Å²) in [6.07, 6.45) is 72.7. The van der Waals surface area contributed by atoms with Gasteiger partial charge in [0.15, 0.2) is 0 Å². The van der Waals surface area contributed by atoms with Gasteiger partial charge in [-0.05, 0) is 96.0 Å². The van der Waals surface area contributed by atoms with Gasteiger partial charge in [0.2, 0.25) is 5.91 Å². The number of nitrogens with one attached hydrogen (secondary N) is 1. The zero-order valence-electron chi connectivity index (χ0n) is 47.0. The van der Waals surface area contributed by atoms with Gasteiger partial charge in [0.25, 0.3) is 7.82 Å². The number of hydrogen-bond acceptors (Lipinski definition) is 7. The molecule has 0 aromatic heterocycles. The molecule has 0 heterocycles. The minimum Gasteiger partial charge on any atom is -0.756 e. The van der Waals surface area contributed by atoms with Gasteiger partial charge in [-0.1, -0.05) is 225 Å². The lowest BCUT2D eigenvalue weighted by atomic mass is 10.1. The number of unbranched alkanes of at least 4 members (excludes halogenated alkanes) is 18. The Morgan fingerprint density at radius 1 is 0.507 bits per heavy atom. The number of esters is 1. The number of ether oxygens (including phenoxy) is 1. The molecule has 0 saturated carbocycles. The predicted octanol–water partition coefficient (Wildman–Crippen LogP) is 16.7. The molecule has 1 N–H and O–H groups in total. The molecule has 414 valence electrons. The largest absolute Gasteiger partial charge is 0.756 e. The minimum absolute atomic E-state index is 0.0446. The van der Waals surface area contributed by atoms with Gasteiger partial charge in [-0.3, -0.25) is 14.2 Å². The molecule has 10 heteroatoms. The second-order valence-corrected chi connectivity index (χ2v) is 21.3. The number of phosphoric ester groups is 1. The monoisotopic (exact) mass is 1030 g/mol. The number of amides is 1. The Morgan fingerprint density at radius 2 is 0.932 bits per heavy atom. The fourth-order valence-electron chi connectivity index (χ4n) is 7.30. The van der Waals surface area contributed by atoms with Crippen molar-refractivity contribution in [2.45, 2.75) is 213 Å². The third-order valence-corrected chi connectivity index (χ3v) is 12.7. The summed E-state index contributed by atoms with van der Waals surface area (Å²) in [4.78, 5) is 39.8. The van der Waals surface area contributed by atoms with Gasteiger partial charge in [-0.25, -0.2) is 0 Å². The Bertz CT molecular complexity index is 1710. The molecule has 0 bridgehead atoms. The molecule has 73 heavy (non-hydrogen) atoms. The smallest absolute Gasteiger partial charge is 0.306 e. The van der Waals surface area contributed by atoms with Crippen molar-refractivity contribution in [2.75, 3.05) is 40.9 Å². The number of quaternary nitrogens is 1.